The van der Waals surface area contributed by atoms with E-state index in [0.717, 1.165) is 0 Å². The quantitative estimate of drug-likeness (QED) is 0.903. The summed E-state index contributed by atoms with van der Waals surface area (Å²) >= 11 is 0. The lowest BCUT2D eigenvalue weighted by Gasteiger charge is -2.41. The van der Waals surface area contributed by atoms with E-state index >= 15 is 0 Å². The van der Waals surface area contributed by atoms with Crippen molar-refractivity contribution in [3.05, 3.63) is 17.9 Å². The number of nitrogens with zero attached hydrogens (tertiary/aromatic N) is 1. The Morgan fingerprint density at radius 2 is 2.05 bits per heavy atom. The first-order valence-electron chi connectivity index (χ1n) is 6.06. The van der Waals surface area contributed by atoms with Crippen LogP contribution in [0.3, 0.4) is 0 Å². The zero-order valence-corrected chi connectivity index (χ0v) is 13.1. The summed E-state index contributed by atoms with van der Waals surface area (Å²) in [6.45, 7) is 6.59. The highest BCUT2D eigenvalue weighted by Crippen LogP contribution is 2.31. The van der Waals surface area contributed by atoms with E-state index in [1.807, 2.05) is 13.8 Å². The van der Waals surface area contributed by atoms with Gasteiger partial charge in [-0.3, -0.25) is 0 Å². The maximum atomic E-state index is 12.4. The Morgan fingerprint density at radius 3 is 2.53 bits per heavy atom. The molecule has 1 unspecified atom stereocenters. The highest BCUT2D eigenvalue weighted by atomic mass is 35.5. The molecule has 5 nitrogen and oxygen atoms in total. The maximum Gasteiger partial charge on any atom is 0.276 e. The van der Waals surface area contributed by atoms with E-state index in [1.54, 1.807) is 13.0 Å². The molecular formula is C12H21ClN2O3S. The zero-order chi connectivity index (χ0) is 13.6. The minimum Gasteiger partial charge on any atom is -0.449 e. The van der Waals surface area contributed by atoms with Gasteiger partial charge in [-0.15, -0.1) is 12.4 Å². The topological polar surface area (TPSA) is 76.5 Å². The Bertz CT molecular complexity index is 539. The summed E-state index contributed by atoms with van der Waals surface area (Å²) in [6.07, 6.45) is 0.673. The average Bonchev–Trinajstić information content (AvgIpc) is 2.69. The van der Waals surface area contributed by atoms with Crippen molar-refractivity contribution in [2.24, 2.45) is 11.1 Å². The molecule has 0 saturated carbocycles. The Kier molecular flexibility index (Phi) is 4.72. The summed E-state index contributed by atoms with van der Waals surface area (Å²) in [6, 6.07) is 3.20. The van der Waals surface area contributed by atoms with Crippen molar-refractivity contribution in [3.63, 3.8) is 0 Å². The molecule has 1 fully saturated rings. The molecule has 0 aliphatic carbocycles. The summed E-state index contributed by atoms with van der Waals surface area (Å²) in [5.41, 5.74) is 5.80. The van der Waals surface area contributed by atoms with E-state index < -0.39 is 10.0 Å². The molecule has 0 amide bonds. The molecule has 1 aromatic rings. The molecule has 19 heavy (non-hydrogen) atoms. The Hall–Kier alpha value is -0.560. The van der Waals surface area contributed by atoms with Gasteiger partial charge in [0.15, 0.2) is 0 Å². The summed E-state index contributed by atoms with van der Waals surface area (Å²) in [5.74, 6) is 0.599. The van der Waals surface area contributed by atoms with Gasteiger partial charge in [0.1, 0.15) is 5.76 Å². The lowest BCUT2D eigenvalue weighted by atomic mass is 9.81. The van der Waals surface area contributed by atoms with Gasteiger partial charge in [0, 0.05) is 19.1 Å². The molecule has 2 rings (SSSR count). The van der Waals surface area contributed by atoms with Gasteiger partial charge in [-0.25, -0.2) is 8.42 Å². The molecule has 2 N–H and O–H groups in total. The lowest BCUT2D eigenvalue weighted by Crippen LogP contribution is -2.53. The van der Waals surface area contributed by atoms with E-state index in [4.69, 9.17) is 10.2 Å². The number of piperidine rings is 1. The van der Waals surface area contributed by atoms with Crippen LogP contribution in [0.15, 0.2) is 21.6 Å². The molecule has 1 aliphatic heterocycles. The van der Waals surface area contributed by atoms with Crippen LogP contribution in [0.2, 0.25) is 0 Å². The Labute approximate surface area is 120 Å². The number of aryl methyl sites for hydroxylation is 1. The lowest BCUT2D eigenvalue weighted by molar-refractivity contribution is 0.154. The molecule has 0 bridgehead atoms. The summed E-state index contributed by atoms with van der Waals surface area (Å²) in [7, 11) is -3.52. The third-order valence-corrected chi connectivity index (χ3v) is 5.31. The van der Waals surface area contributed by atoms with Crippen LogP contribution >= 0.6 is 12.4 Å². The van der Waals surface area contributed by atoms with E-state index in [1.165, 1.54) is 10.4 Å². The van der Waals surface area contributed by atoms with Gasteiger partial charge in [0.05, 0.1) is 0 Å². The molecular weight excluding hydrogens is 288 g/mol. The fraction of sp³-hybridized carbons (Fsp3) is 0.667. The minimum absolute atomic E-state index is 0. The molecule has 7 heteroatoms. The van der Waals surface area contributed by atoms with Crippen molar-refractivity contribution in [2.75, 3.05) is 13.1 Å². The van der Waals surface area contributed by atoms with Gasteiger partial charge in [0.2, 0.25) is 5.09 Å². The normalized spacial score (nSPS) is 23.9. The van der Waals surface area contributed by atoms with E-state index in [-0.39, 0.29) is 29.0 Å². The third-order valence-electron chi connectivity index (χ3n) is 3.59. The van der Waals surface area contributed by atoms with Crippen LogP contribution in [0.4, 0.5) is 0 Å². The number of hydrogen-bond acceptors (Lipinski definition) is 4. The van der Waals surface area contributed by atoms with Crippen molar-refractivity contribution in [1.82, 2.24) is 4.31 Å². The average molecular weight is 309 g/mol. The van der Waals surface area contributed by atoms with Crippen LogP contribution in [-0.2, 0) is 10.0 Å². The summed E-state index contributed by atoms with van der Waals surface area (Å²) in [5, 5.41) is 0.0197. The largest absolute Gasteiger partial charge is 0.449 e. The number of rotatable bonds is 2. The minimum atomic E-state index is -3.52. The van der Waals surface area contributed by atoms with Gasteiger partial charge in [-0.2, -0.15) is 4.31 Å². The second-order valence-electron chi connectivity index (χ2n) is 5.59. The first kappa shape index (κ1) is 16.5. The van der Waals surface area contributed by atoms with Crippen LogP contribution in [-0.4, -0.2) is 31.9 Å². The monoisotopic (exact) mass is 308 g/mol. The van der Waals surface area contributed by atoms with Gasteiger partial charge in [-0.1, -0.05) is 13.8 Å². The highest BCUT2D eigenvalue weighted by molar-refractivity contribution is 7.89. The molecule has 1 aromatic heterocycles. The highest BCUT2D eigenvalue weighted by Gasteiger charge is 2.39. The van der Waals surface area contributed by atoms with Gasteiger partial charge < -0.3 is 10.2 Å². The van der Waals surface area contributed by atoms with Crippen molar-refractivity contribution >= 4 is 22.4 Å². The van der Waals surface area contributed by atoms with E-state index in [2.05, 4.69) is 0 Å². The van der Waals surface area contributed by atoms with Gasteiger partial charge in [0.25, 0.3) is 10.0 Å². The van der Waals surface area contributed by atoms with Gasteiger partial charge in [-0.05, 0) is 30.9 Å². The van der Waals surface area contributed by atoms with Crippen molar-refractivity contribution in [1.29, 1.82) is 0 Å². The Morgan fingerprint density at radius 1 is 1.42 bits per heavy atom. The van der Waals surface area contributed by atoms with E-state index in [9.17, 15) is 8.42 Å². The molecule has 0 aromatic carbocycles. The maximum absolute atomic E-state index is 12.4. The first-order chi connectivity index (χ1) is 8.23. The second kappa shape index (κ2) is 5.44. The first-order valence-corrected chi connectivity index (χ1v) is 7.50. The van der Waals surface area contributed by atoms with Crippen molar-refractivity contribution in [3.8, 4) is 0 Å². The molecule has 0 radical (unpaired) electrons. The molecule has 2 heterocycles. The summed E-state index contributed by atoms with van der Waals surface area (Å²) in [4.78, 5) is 0. The Balaban J connectivity index is 0.00000180. The zero-order valence-electron chi connectivity index (χ0n) is 11.4. The van der Waals surface area contributed by atoms with E-state index in [0.29, 0.717) is 25.3 Å². The summed E-state index contributed by atoms with van der Waals surface area (Å²) < 4.78 is 31.5. The number of sulfonamides is 1. The number of nitrogens with two attached hydrogens (primary N) is 1. The fourth-order valence-electron chi connectivity index (χ4n) is 2.21. The number of furan rings is 1. The molecule has 1 saturated heterocycles. The van der Waals surface area contributed by atoms with Crippen LogP contribution in [0.5, 0.6) is 0 Å². The van der Waals surface area contributed by atoms with Crippen molar-refractivity contribution < 1.29 is 12.8 Å². The van der Waals surface area contributed by atoms with Gasteiger partial charge >= 0.3 is 0 Å². The second-order valence-corrected chi connectivity index (χ2v) is 7.46. The smallest absolute Gasteiger partial charge is 0.276 e. The number of hydrogen-bond donors (Lipinski definition) is 1. The molecule has 1 atom stereocenters. The molecule has 110 valence electrons. The van der Waals surface area contributed by atoms with Crippen LogP contribution in [0.1, 0.15) is 26.0 Å². The SMILES string of the molecule is Cc1ccc(S(=O)(=O)N2CCC(N)C(C)(C)C2)o1.Cl. The van der Waals surface area contributed by atoms with Crippen LogP contribution in [0.25, 0.3) is 0 Å². The molecule has 1 aliphatic rings. The fourth-order valence-corrected chi connectivity index (χ4v) is 3.79. The third kappa shape index (κ3) is 3.13. The van der Waals surface area contributed by atoms with Crippen molar-refractivity contribution in [2.45, 2.75) is 38.3 Å². The van der Waals surface area contributed by atoms with Crippen LogP contribution < -0.4 is 5.73 Å². The predicted molar refractivity (Wildman–Crippen MR) is 75.8 cm³/mol. The van der Waals surface area contributed by atoms with Crippen LogP contribution in [0, 0.1) is 12.3 Å². The predicted octanol–water partition coefficient (Wildman–Crippen LogP) is 1.76. The molecule has 0 spiro atoms. The number of halogens is 1. The standard InChI is InChI=1S/C12H20N2O3S.ClH/c1-9-4-5-11(17-9)18(15,16)14-7-6-10(13)12(2,3)8-14;/h4-5,10H,6-8,13H2,1-3H3;1H.